The number of nitrogens with two attached hydrogens (primary N) is 1. The number of hydrogen-bond donors (Lipinski definition) is 1. The van der Waals surface area contributed by atoms with E-state index in [2.05, 4.69) is 19.1 Å². The summed E-state index contributed by atoms with van der Waals surface area (Å²) in [5.74, 6) is 1.38. The average molecular weight is 235 g/mol. The van der Waals surface area contributed by atoms with Gasteiger partial charge in [-0.25, -0.2) is 0 Å². The fraction of sp³-hybridized carbons (Fsp3) is 0.571. The highest BCUT2D eigenvalue weighted by molar-refractivity contribution is 5.27. The molecule has 2 N–H and O–H groups in total. The highest BCUT2D eigenvalue weighted by atomic mass is 16.5. The second-order valence-electron chi connectivity index (χ2n) is 4.86. The van der Waals surface area contributed by atoms with Crippen molar-refractivity contribution < 1.29 is 9.47 Å². The molecular weight excluding hydrogens is 214 g/mol. The Morgan fingerprint density at radius 2 is 2.12 bits per heavy atom. The summed E-state index contributed by atoms with van der Waals surface area (Å²) in [7, 11) is 1.68. The van der Waals surface area contributed by atoms with Crippen molar-refractivity contribution in [2.75, 3.05) is 13.7 Å². The minimum atomic E-state index is 0.188. The van der Waals surface area contributed by atoms with Gasteiger partial charge in [0.2, 0.25) is 0 Å². The molecule has 17 heavy (non-hydrogen) atoms. The van der Waals surface area contributed by atoms with Crippen molar-refractivity contribution in [3.8, 4) is 5.75 Å². The maximum absolute atomic E-state index is 6.23. The summed E-state index contributed by atoms with van der Waals surface area (Å²) in [6.45, 7) is 2.92. The van der Waals surface area contributed by atoms with Crippen LogP contribution in [-0.2, 0) is 11.2 Å². The van der Waals surface area contributed by atoms with Gasteiger partial charge in [-0.1, -0.05) is 12.1 Å². The molecule has 0 radical (unpaired) electrons. The minimum absolute atomic E-state index is 0.188. The van der Waals surface area contributed by atoms with Crippen LogP contribution in [0.5, 0.6) is 5.75 Å². The second-order valence-corrected chi connectivity index (χ2v) is 4.86. The molecule has 0 bridgehead atoms. The zero-order valence-corrected chi connectivity index (χ0v) is 10.6. The van der Waals surface area contributed by atoms with Gasteiger partial charge < -0.3 is 15.2 Å². The Balaban J connectivity index is 1.91. The van der Waals surface area contributed by atoms with Gasteiger partial charge in [0.15, 0.2) is 0 Å². The first kappa shape index (κ1) is 12.4. The molecule has 0 aliphatic carbocycles. The number of methoxy groups -OCH3 is 1. The van der Waals surface area contributed by atoms with E-state index in [1.54, 1.807) is 7.11 Å². The molecule has 1 fully saturated rings. The molecule has 1 aliphatic heterocycles. The van der Waals surface area contributed by atoms with Gasteiger partial charge in [0.1, 0.15) is 5.75 Å². The van der Waals surface area contributed by atoms with Gasteiger partial charge >= 0.3 is 0 Å². The van der Waals surface area contributed by atoms with Crippen molar-refractivity contribution in [3.63, 3.8) is 0 Å². The third kappa shape index (κ3) is 3.20. The molecule has 94 valence electrons. The molecule has 1 aliphatic rings. The highest BCUT2D eigenvalue weighted by Gasteiger charge is 2.27. The van der Waals surface area contributed by atoms with Crippen LogP contribution in [0.4, 0.5) is 0 Å². The SMILES string of the molecule is COc1ccc(CC(N)C2COC(C)C2)cc1. The van der Waals surface area contributed by atoms with E-state index in [4.69, 9.17) is 15.2 Å². The van der Waals surface area contributed by atoms with E-state index in [1.807, 2.05) is 12.1 Å². The number of ether oxygens (including phenoxy) is 2. The lowest BCUT2D eigenvalue weighted by atomic mass is 9.92. The van der Waals surface area contributed by atoms with Crippen LogP contribution in [0.2, 0.25) is 0 Å². The molecule has 0 amide bonds. The van der Waals surface area contributed by atoms with Gasteiger partial charge in [-0.05, 0) is 37.5 Å². The molecular formula is C14H21NO2. The maximum atomic E-state index is 6.23. The molecule has 1 aromatic rings. The summed E-state index contributed by atoms with van der Waals surface area (Å²) in [6.07, 6.45) is 2.35. The Morgan fingerprint density at radius 1 is 1.41 bits per heavy atom. The molecule has 3 atom stereocenters. The van der Waals surface area contributed by atoms with E-state index >= 15 is 0 Å². The van der Waals surface area contributed by atoms with Crippen molar-refractivity contribution in [1.29, 1.82) is 0 Å². The standard InChI is InChI=1S/C14H21NO2/c1-10-7-12(9-17-10)14(15)8-11-3-5-13(16-2)6-4-11/h3-6,10,12,14H,7-9,15H2,1-2H3. The molecule has 0 aromatic heterocycles. The van der Waals surface area contributed by atoms with Crippen molar-refractivity contribution in [1.82, 2.24) is 0 Å². The zero-order chi connectivity index (χ0) is 12.3. The normalized spacial score (nSPS) is 25.8. The predicted octanol–water partition coefficient (Wildman–Crippen LogP) is 1.99. The third-order valence-corrected chi connectivity index (χ3v) is 3.47. The first-order valence-electron chi connectivity index (χ1n) is 6.19. The molecule has 3 nitrogen and oxygen atoms in total. The fourth-order valence-corrected chi connectivity index (χ4v) is 2.35. The van der Waals surface area contributed by atoms with Crippen LogP contribution in [0.15, 0.2) is 24.3 Å². The summed E-state index contributed by atoms with van der Waals surface area (Å²) in [6, 6.07) is 8.31. The van der Waals surface area contributed by atoms with E-state index in [-0.39, 0.29) is 6.04 Å². The largest absolute Gasteiger partial charge is 0.497 e. The van der Waals surface area contributed by atoms with Crippen molar-refractivity contribution >= 4 is 0 Å². The topological polar surface area (TPSA) is 44.5 Å². The van der Waals surface area contributed by atoms with Gasteiger partial charge in [0.05, 0.1) is 19.8 Å². The molecule has 0 spiro atoms. The maximum Gasteiger partial charge on any atom is 0.118 e. The fourth-order valence-electron chi connectivity index (χ4n) is 2.35. The first-order chi connectivity index (χ1) is 8.19. The predicted molar refractivity (Wildman–Crippen MR) is 68.2 cm³/mol. The highest BCUT2D eigenvalue weighted by Crippen LogP contribution is 2.23. The first-order valence-corrected chi connectivity index (χ1v) is 6.19. The van der Waals surface area contributed by atoms with Crippen molar-refractivity contribution in [3.05, 3.63) is 29.8 Å². The van der Waals surface area contributed by atoms with Crippen molar-refractivity contribution in [2.24, 2.45) is 11.7 Å². The van der Waals surface area contributed by atoms with Gasteiger partial charge in [-0.15, -0.1) is 0 Å². The van der Waals surface area contributed by atoms with Gasteiger partial charge in [0, 0.05) is 12.0 Å². The van der Waals surface area contributed by atoms with Gasteiger partial charge in [0.25, 0.3) is 0 Å². The number of benzene rings is 1. The summed E-state index contributed by atoms with van der Waals surface area (Å²) < 4.78 is 10.7. The zero-order valence-electron chi connectivity index (χ0n) is 10.6. The third-order valence-electron chi connectivity index (χ3n) is 3.47. The van der Waals surface area contributed by atoms with E-state index in [1.165, 1.54) is 5.56 Å². The van der Waals surface area contributed by atoms with E-state index in [0.717, 1.165) is 25.2 Å². The van der Waals surface area contributed by atoms with Crippen LogP contribution in [0.25, 0.3) is 0 Å². The Hall–Kier alpha value is -1.06. The minimum Gasteiger partial charge on any atom is -0.497 e. The summed E-state index contributed by atoms with van der Waals surface area (Å²) in [4.78, 5) is 0. The van der Waals surface area contributed by atoms with Crippen LogP contribution < -0.4 is 10.5 Å². The Labute approximate surface area is 103 Å². The van der Waals surface area contributed by atoms with E-state index in [9.17, 15) is 0 Å². The van der Waals surface area contributed by atoms with Gasteiger partial charge in [-0.2, -0.15) is 0 Å². The Bertz CT molecular complexity index is 350. The Morgan fingerprint density at radius 3 is 2.65 bits per heavy atom. The van der Waals surface area contributed by atoms with E-state index < -0.39 is 0 Å². The van der Waals surface area contributed by atoms with Crippen LogP contribution in [-0.4, -0.2) is 25.9 Å². The summed E-state index contributed by atoms with van der Waals surface area (Å²) in [5.41, 5.74) is 7.49. The monoisotopic (exact) mass is 235 g/mol. The molecule has 2 rings (SSSR count). The molecule has 1 saturated heterocycles. The molecule has 3 unspecified atom stereocenters. The molecule has 1 aromatic carbocycles. The summed E-state index contributed by atoms with van der Waals surface area (Å²) in [5, 5.41) is 0. The quantitative estimate of drug-likeness (QED) is 0.868. The smallest absolute Gasteiger partial charge is 0.118 e. The Kier molecular flexibility index (Phi) is 4.02. The molecule has 0 saturated carbocycles. The lowest BCUT2D eigenvalue weighted by molar-refractivity contribution is 0.118. The van der Waals surface area contributed by atoms with E-state index in [0.29, 0.717) is 12.0 Å². The van der Waals surface area contributed by atoms with Crippen LogP contribution in [0.3, 0.4) is 0 Å². The average Bonchev–Trinajstić information content (AvgIpc) is 2.77. The lowest BCUT2D eigenvalue weighted by Gasteiger charge is -2.17. The van der Waals surface area contributed by atoms with Crippen LogP contribution in [0, 0.1) is 5.92 Å². The lowest BCUT2D eigenvalue weighted by Crippen LogP contribution is -2.32. The van der Waals surface area contributed by atoms with Crippen LogP contribution >= 0.6 is 0 Å². The van der Waals surface area contributed by atoms with Crippen LogP contribution in [0.1, 0.15) is 18.9 Å². The second kappa shape index (κ2) is 5.52. The summed E-state index contributed by atoms with van der Waals surface area (Å²) >= 11 is 0. The molecule has 3 heteroatoms. The number of hydrogen-bond acceptors (Lipinski definition) is 3. The van der Waals surface area contributed by atoms with Crippen molar-refractivity contribution in [2.45, 2.75) is 31.9 Å². The molecule has 1 heterocycles. The van der Waals surface area contributed by atoms with Gasteiger partial charge in [-0.3, -0.25) is 0 Å². The number of rotatable bonds is 4.